The van der Waals surface area contributed by atoms with Crippen LogP contribution in [0.3, 0.4) is 0 Å². The molecule has 0 saturated carbocycles. The Hall–Kier alpha value is -4.07. The fourth-order valence-electron chi connectivity index (χ4n) is 5.13. The Morgan fingerprint density at radius 3 is 2.55 bits per heavy atom. The van der Waals surface area contributed by atoms with E-state index in [-0.39, 0.29) is 17.7 Å². The lowest BCUT2D eigenvalue weighted by molar-refractivity contribution is 0.248. The van der Waals surface area contributed by atoms with Gasteiger partial charge in [0, 0.05) is 43.3 Å². The standard InChI is InChI=1S/C28H30FN7O2/c1-33(2)22-8-10-35(11-9-22)28-31-26(19-4-5-20(16-30)23(29)15-19)25(27(38)34(28)3)18-6-7-24-21(14-18)17-36(32-24)12-13-37/h4-7,14-15,17,22,37H,8-13H2,1-3H3. The number of hydrogen-bond donors (Lipinski definition) is 1. The molecule has 0 aliphatic carbocycles. The number of anilines is 1. The molecule has 0 radical (unpaired) electrons. The number of aliphatic hydroxyl groups is 1. The molecule has 0 unspecified atom stereocenters. The number of nitrogens with zero attached hydrogens (tertiary/aromatic N) is 7. The number of rotatable bonds is 6. The maximum absolute atomic E-state index is 14.7. The van der Waals surface area contributed by atoms with E-state index >= 15 is 0 Å². The van der Waals surface area contributed by atoms with Gasteiger partial charge in [0.05, 0.1) is 35.5 Å². The molecule has 0 bridgehead atoms. The summed E-state index contributed by atoms with van der Waals surface area (Å²) in [6.45, 7) is 1.83. The van der Waals surface area contributed by atoms with Crippen molar-refractivity contribution in [3.8, 4) is 28.5 Å². The van der Waals surface area contributed by atoms with Crippen molar-refractivity contribution in [1.82, 2.24) is 24.2 Å². The van der Waals surface area contributed by atoms with Crippen molar-refractivity contribution in [3.05, 3.63) is 64.3 Å². The number of hydrogen-bond acceptors (Lipinski definition) is 7. The minimum absolute atomic E-state index is 0.0348. The summed E-state index contributed by atoms with van der Waals surface area (Å²) in [4.78, 5) is 23.2. The van der Waals surface area contributed by atoms with Gasteiger partial charge in [0.15, 0.2) is 0 Å². The minimum Gasteiger partial charge on any atom is -0.394 e. The molecule has 9 nitrogen and oxygen atoms in total. The fourth-order valence-corrected chi connectivity index (χ4v) is 5.13. The number of aliphatic hydroxyl groups excluding tert-OH is 1. The SMILES string of the molecule is CN(C)C1CCN(c2nc(-c3ccc(C#N)c(F)c3)c(-c3ccc4nn(CCO)cc4c3)c(=O)n2C)CC1. The highest BCUT2D eigenvalue weighted by atomic mass is 19.1. The molecule has 0 amide bonds. The van der Waals surface area contributed by atoms with Gasteiger partial charge in [-0.15, -0.1) is 0 Å². The van der Waals surface area contributed by atoms with Gasteiger partial charge < -0.3 is 14.9 Å². The van der Waals surface area contributed by atoms with Crippen molar-refractivity contribution in [3.63, 3.8) is 0 Å². The third-order valence-electron chi connectivity index (χ3n) is 7.28. The summed E-state index contributed by atoms with van der Waals surface area (Å²) < 4.78 is 17.9. The van der Waals surface area contributed by atoms with Crippen LogP contribution in [0.15, 0.2) is 47.4 Å². The van der Waals surface area contributed by atoms with Gasteiger partial charge in [-0.3, -0.25) is 14.0 Å². The Balaban J connectivity index is 1.67. The summed E-state index contributed by atoms with van der Waals surface area (Å²) in [6.07, 6.45) is 3.71. The molecule has 10 heteroatoms. The quantitative estimate of drug-likeness (QED) is 0.421. The average Bonchev–Trinajstić information content (AvgIpc) is 3.32. The van der Waals surface area contributed by atoms with Gasteiger partial charge in [-0.05, 0) is 56.8 Å². The number of benzene rings is 2. The molecular weight excluding hydrogens is 485 g/mol. The largest absolute Gasteiger partial charge is 0.394 e. The van der Waals surface area contributed by atoms with Crippen LogP contribution in [0.4, 0.5) is 10.3 Å². The van der Waals surface area contributed by atoms with Crippen LogP contribution in [0, 0.1) is 17.1 Å². The van der Waals surface area contributed by atoms with E-state index in [0.717, 1.165) is 36.8 Å². The first kappa shape index (κ1) is 25.6. The van der Waals surface area contributed by atoms with Gasteiger partial charge in [0.1, 0.15) is 11.9 Å². The van der Waals surface area contributed by atoms with Crippen LogP contribution in [0.1, 0.15) is 18.4 Å². The number of piperidine rings is 1. The Bertz CT molecular complexity index is 1590. The number of nitriles is 1. The van der Waals surface area contributed by atoms with Crippen molar-refractivity contribution in [2.45, 2.75) is 25.4 Å². The van der Waals surface area contributed by atoms with E-state index in [9.17, 15) is 19.6 Å². The second kappa shape index (κ2) is 10.4. The van der Waals surface area contributed by atoms with Crippen LogP contribution in [0.2, 0.25) is 0 Å². The maximum Gasteiger partial charge on any atom is 0.263 e. The Kier molecular flexibility index (Phi) is 6.97. The summed E-state index contributed by atoms with van der Waals surface area (Å²) in [5.74, 6) is -0.125. The minimum atomic E-state index is -0.660. The zero-order chi connectivity index (χ0) is 27.0. The summed E-state index contributed by atoms with van der Waals surface area (Å²) >= 11 is 0. The topological polar surface area (TPSA) is 103 Å². The van der Waals surface area contributed by atoms with Crippen LogP contribution in [0.5, 0.6) is 0 Å². The number of fused-ring (bicyclic) bond motifs is 1. The molecule has 38 heavy (non-hydrogen) atoms. The van der Waals surface area contributed by atoms with Crippen molar-refractivity contribution in [1.29, 1.82) is 5.26 Å². The summed E-state index contributed by atoms with van der Waals surface area (Å²) in [7, 11) is 5.86. The number of aromatic nitrogens is 4. The summed E-state index contributed by atoms with van der Waals surface area (Å²) in [6, 6.07) is 12.1. The van der Waals surface area contributed by atoms with E-state index in [1.807, 2.05) is 30.5 Å². The molecule has 2 aromatic carbocycles. The average molecular weight is 516 g/mol. The predicted octanol–water partition coefficient (Wildman–Crippen LogP) is 3.00. The van der Waals surface area contributed by atoms with Crippen LogP contribution < -0.4 is 10.5 Å². The highest BCUT2D eigenvalue weighted by Gasteiger charge is 2.26. The molecule has 0 atom stereocenters. The molecule has 2 aromatic heterocycles. The smallest absolute Gasteiger partial charge is 0.263 e. The second-order valence-electron chi connectivity index (χ2n) is 9.88. The first-order chi connectivity index (χ1) is 18.3. The lowest BCUT2D eigenvalue weighted by Crippen LogP contribution is -2.44. The normalized spacial score (nSPS) is 14.4. The molecule has 1 saturated heterocycles. The maximum atomic E-state index is 14.7. The first-order valence-corrected chi connectivity index (χ1v) is 12.6. The van der Waals surface area contributed by atoms with Gasteiger partial charge in [-0.2, -0.15) is 10.4 Å². The van der Waals surface area contributed by atoms with Crippen molar-refractivity contribution in [2.75, 3.05) is 38.7 Å². The van der Waals surface area contributed by atoms with Crippen molar-refractivity contribution < 1.29 is 9.50 Å². The van der Waals surface area contributed by atoms with Gasteiger partial charge in [0.2, 0.25) is 5.95 Å². The van der Waals surface area contributed by atoms with Gasteiger partial charge >= 0.3 is 0 Å². The predicted molar refractivity (Wildman–Crippen MR) is 144 cm³/mol. The lowest BCUT2D eigenvalue weighted by Gasteiger charge is -2.36. The monoisotopic (exact) mass is 515 g/mol. The fraction of sp³-hybridized carbons (Fsp3) is 0.357. The van der Waals surface area contributed by atoms with Gasteiger partial charge in [-0.25, -0.2) is 9.37 Å². The first-order valence-electron chi connectivity index (χ1n) is 12.6. The summed E-state index contributed by atoms with van der Waals surface area (Å²) in [5, 5.41) is 23.7. The van der Waals surface area contributed by atoms with Crippen LogP contribution in [-0.2, 0) is 13.6 Å². The molecule has 5 rings (SSSR count). The summed E-state index contributed by atoms with van der Waals surface area (Å²) in [5.41, 5.74) is 2.19. The Labute approximate surface area is 220 Å². The molecule has 1 N–H and O–H groups in total. The molecular formula is C28H30FN7O2. The van der Waals surface area contributed by atoms with Crippen LogP contribution in [0.25, 0.3) is 33.3 Å². The van der Waals surface area contributed by atoms with E-state index in [1.54, 1.807) is 22.4 Å². The molecule has 0 spiro atoms. The molecule has 1 fully saturated rings. The van der Waals surface area contributed by atoms with E-state index in [0.29, 0.717) is 40.9 Å². The van der Waals surface area contributed by atoms with E-state index < -0.39 is 5.82 Å². The third kappa shape index (κ3) is 4.66. The zero-order valence-corrected chi connectivity index (χ0v) is 21.7. The van der Waals surface area contributed by atoms with Crippen molar-refractivity contribution in [2.24, 2.45) is 7.05 Å². The lowest BCUT2D eigenvalue weighted by atomic mass is 9.98. The molecule has 4 aromatic rings. The molecule has 1 aliphatic heterocycles. The molecule has 196 valence electrons. The Morgan fingerprint density at radius 2 is 1.89 bits per heavy atom. The number of halogens is 1. The highest BCUT2D eigenvalue weighted by molar-refractivity contribution is 5.88. The van der Waals surface area contributed by atoms with E-state index in [4.69, 9.17) is 4.98 Å². The Morgan fingerprint density at radius 1 is 1.16 bits per heavy atom. The molecule has 3 heterocycles. The second-order valence-corrected chi connectivity index (χ2v) is 9.88. The van der Waals surface area contributed by atoms with Crippen LogP contribution >= 0.6 is 0 Å². The van der Waals surface area contributed by atoms with Gasteiger partial charge in [-0.1, -0.05) is 12.1 Å². The molecule has 1 aliphatic rings. The van der Waals surface area contributed by atoms with Crippen LogP contribution in [-0.4, -0.2) is 69.2 Å². The highest BCUT2D eigenvalue weighted by Crippen LogP contribution is 2.33. The zero-order valence-electron chi connectivity index (χ0n) is 21.7. The van der Waals surface area contributed by atoms with E-state index in [2.05, 4.69) is 29.0 Å². The third-order valence-corrected chi connectivity index (χ3v) is 7.28. The van der Waals surface area contributed by atoms with Gasteiger partial charge in [0.25, 0.3) is 5.56 Å². The van der Waals surface area contributed by atoms with Crippen molar-refractivity contribution >= 4 is 16.9 Å². The van der Waals surface area contributed by atoms with E-state index in [1.165, 1.54) is 12.1 Å².